The van der Waals surface area contributed by atoms with Crippen molar-refractivity contribution in [2.75, 3.05) is 26.2 Å². The van der Waals surface area contributed by atoms with E-state index < -0.39 is 0 Å². The molecule has 1 saturated heterocycles. The lowest BCUT2D eigenvalue weighted by Crippen LogP contribution is -2.34. The quantitative estimate of drug-likeness (QED) is 0.699. The summed E-state index contributed by atoms with van der Waals surface area (Å²) in [6.07, 6.45) is 3.52. The predicted molar refractivity (Wildman–Crippen MR) is 63.4 cm³/mol. The molecule has 0 spiro atoms. The summed E-state index contributed by atoms with van der Waals surface area (Å²) in [7, 11) is 0. The van der Waals surface area contributed by atoms with Crippen molar-refractivity contribution in [2.24, 2.45) is 0 Å². The van der Waals surface area contributed by atoms with Gasteiger partial charge in [-0.05, 0) is 6.92 Å². The fourth-order valence-corrected chi connectivity index (χ4v) is 1.67. The van der Waals surface area contributed by atoms with Crippen LogP contribution in [0.15, 0.2) is 12.4 Å². The lowest BCUT2D eigenvalue weighted by atomic mass is 10.4. The van der Waals surface area contributed by atoms with Crippen LogP contribution in [0.25, 0.3) is 0 Å². The van der Waals surface area contributed by atoms with E-state index in [9.17, 15) is 4.79 Å². The molecular formula is C11H17N5O. The van der Waals surface area contributed by atoms with Crippen LogP contribution < -0.4 is 10.6 Å². The maximum atomic E-state index is 11.2. The SMILES string of the molecule is Cc1cnc(CNCCN2CCNC2=O)cn1. The Bertz CT molecular complexity index is 378. The van der Waals surface area contributed by atoms with Gasteiger partial charge in [-0.15, -0.1) is 0 Å². The molecule has 0 unspecified atom stereocenters. The summed E-state index contributed by atoms with van der Waals surface area (Å²) in [5.41, 5.74) is 1.84. The van der Waals surface area contributed by atoms with E-state index in [0.29, 0.717) is 6.54 Å². The molecule has 2 amide bonds. The third-order valence-corrected chi connectivity index (χ3v) is 2.64. The highest BCUT2D eigenvalue weighted by Crippen LogP contribution is 1.96. The average molecular weight is 235 g/mol. The molecule has 17 heavy (non-hydrogen) atoms. The van der Waals surface area contributed by atoms with Crippen molar-refractivity contribution in [3.05, 3.63) is 23.8 Å². The molecule has 0 aliphatic carbocycles. The van der Waals surface area contributed by atoms with E-state index in [0.717, 1.165) is 37.6 Å². The lowest BCUT2D eigenvalue weighted by Gasteiger charge is -2.13. The van der Waals surface area contributed by atoms with E-state index in [1.54, 1.807) is 17.3 Å². The van der Waals surface area contributed by atoms with E-state index in [1.807, 2.05) is 6.92 Å². The maximum absolute atomic E-state index is 11.2. The maximum Gasteiger partial charge on any atom is 0.317 e. The number of hydrogen-bond acceptors (Lipinski definition) is 4. The second kappa shape index (κ2) is 5.58. The van der Waals surface area contributed by atoms with Crippen LogP contribution in [0.1, 0.15) is 11.4 Å². The van der Waals surface area contributed by atoms with Crippen LogP contribution in [-0.4, -0.2) is 47.1 Å². The highest BCUT2D eigenvalue weighted by atomic mass is 16.2. The summed E-state index contributed by atoms with van der Waals surface area (Å²) in [6.45, 7) is 5.64. The van der Waals surface area contributed by atoms with Gasteiger partial charge in [-0.25, -0.2) is 4.79 Å². The van der Waals surface area contributed by atoms with Gasteiger partial charge in [-0.3, -0.25) is 9.97 Å². The van der Waals surface area contributed by atoms with E-state index in [4.69, 9.17) is 0 Å². The number of aromatic nitrogens is 2. The molecule has 0 aromatic carbocycles. The largest absolute Gasteiger partial charge is 0.336 e. The minimum Gasteiger partial charge on any atom is -0.336 e. The van der Waals surface area contributed by atoms with Crippen molar-refractivity contribution in [3.63, 3.8) is 0 Å². The fourth-order valence-electron chi connectivity index (χ4n) is 1.67. The van der Waals surface area contributed by atoms with Gasteiger partial charge in [-0.2, -0.15) is 0 Å². The van der Waals surface area contributed by atoms with E-state index in [2.05, 4.69) is 20.6 Å². The number of nitrogens with one attached hydrogen (secondary N) is 2. The highest BCUT2D eigenvalue weighted by molar-refractivity contribution is 5.76. The zero-order valence-electron chi connectivity index (χ0n) is 9.94. The number of carbonyl (C=O) groups is 1. The van der Waals surface area contributed by atoms with Crippen LogP contribution in [0.4, 0.5) is 4.79 Å². The van der Waals surface area contributed by atoms with Crippen LogP contribution >= 0.6 is 0 Å². The summed E-state index contributed by atoms with van der Waals surface area (Å²) in [5, 5.41) is 6.02. The van der Waals surface area contributed by atoms with Crippen LogP contribution in [-0.2, 0) is 6.54 Å². The first-order valence-corrected chi connectivity index (χ1v) is 5.77. The van der Waals surface area contributed by atoms with Crippen LogP contribution in [0, 0.1) is 6.92 Å². The monoisotopic (exact) mass is 235 g/mol. The number of hydrogen-bond donors (Lipinski definition) is 2. The topological polar surface area (TPSA) is 70.2 Å². The molecule has 0 radical (unpaired) electrons. The molecule has 1 aromatic heterocycles. The molecular weight excluding hydrogens is 218 g/mol. The van der Waals surface area contributed by atoms with Gasteiger partial charge in [0.05, 0.1) is 11.4 Å². The summed E-state index contributed by atoms with van der Waals surface area (Å²) < 4.78 is 0. The molecule has 0 atom stereocenters. The highest BCUT2D eigenvalue weighted by Gasteiger charge is 2.17. The number of nitrogens with zero attached hydrogens (tertiary/aromatic N) is 3. The molecule has 2 N–H and O–H groups in total. The van der Waals surface area contributed by atoms with Crippen molar-refractivity contribution in [1.29, 1.82) is 0 Å². The molecule has 1 aliphatic heterocycles. The molecule has 1 aromatic rings. The Kier molecular flexibility index (Phi) is 3.87. The molecule has 2 rings (SSSR count). The van der Waals surface area contributed by atoms with Crippen molar-refractivity contribution in [1.82, 2.24) is 25.5 Å². The number of carbonyl (C=O) groups excluding carboxylic acids is 1. The van der Waals surface area contributed by atoms with Crippen LogP contribution in [0.3, 0.4) is 0 Å². The van der Waals surface area contributed by atoms with Gasteiger partial charge in [0, 0.05) is 45.1 Å². The predicted octanol–water partition coefficient (Wildman–Crippen LogP) is -0.100. The van der Waals surface area contributed by atoms with Gasteiger partial charge in [0.25, 0.3) is 0 Å². The second-order valence-corrected chi connectivity index (χ2v) is 4.04. The summed E-state index contributed by atoms with van der Waals surface area (Å²) >= 11 is 0. The first-order valence-electron chi connectivity index (χ1n) is 5.77. The Morgan fingerprint density at radius 3 is 3.00 bits per heavy atom. The molecule has 0 saturated carbocycles. The standard InChI is InChI=1S/C11H17N5O/c1-9-6-15-10(8-14-9)7-12-2-4-16-5-3-13-11(16)17/h6,8,12H,2-5,7H2,1H3,(H,13,17). The fraction of sp³-hybridized carbons (Fsp3) is 0.545. The first kappa shape index (κ1) is 11.8. The van der Waals surface area contributed by atoms with Crippen molar-refractivity contribution in [3.8, 4) is 0 Å². The second-order valence-electron chi connectivity index (χ2n) is 4.04. The lowest BCUT2D eigenvalue weighted by molar-refractivity contribution is 0.217. The Morgan fingerprint density at radius 2 is 2.35 bits per heavy atom. The Morgan fingerprint density at radius 1 is 1.47 bits per heavy atom. The number of aryl methyl sites for hydroxylation is 1. The zero-order valence-corrected chi connectivity index (χ0v) is 9.94. The molecule has 1 aliphatic rings. The van der Waals surface area contributed by atoms with Gasteiger partial charge in [0.2, 0.25) is 0 Å². The van der Waals surface area contributed by atoms with Crippen molar-refractivity contribution in [2.45, 2.75) is 13.5 Å². The molecule has 92 valence electrons. The third kappa shape index (κ3) is 3.39. The van der Waals surface area contributed by atoms with Gasteiger partial charge < -0.3 is 15.5 Å². The number of urea groups is 1. The Labute approximate surface area is 100 Å². The Balaban J connectivity index is 1.66. The minimum atomic E-state index is 0.0296. The minimum absolute atomic E-state index is 0.0296. The molecule has 1 fully saturated rings. The number of rotatable bonds is 5. The molecule has 6 nitrogen and oxygen atoms in total. The smallest absolute Gasteiger partial charge is 0.317 e. The number of amides is 2. The molecule has 0 bridgehead atoms. The molecule has 6 heteroatoms. The van der Waals surface area contributed by atoms with E-state index in [1.165, 1.54) is 0 Å². The Hall–Kier alpha value is -1.69. The zero-order chi connectivity index (χ0) is 12.1. The average Bonchev–Trinajstić information content (AvgIpc) is 2.73. The first-order chi connectivity index (χ1) is 8.25. The van der Waals surface area contributed by atoms with Crippen molar-refractivity contribution < 1.29 is 4.79 Å². The van der Waals surface area contributed by atoms with Gasteiger partial charge in [0.15, 0.2) is 0 Å². The molecule has 2 heterocycles. The van der Waals surface area contributed by atoms with Crippen molar-refractivity contribution >= 4 is 6.03 Å². The van der Waals surface area contributed by atoms with Gasteiger partial charge in [-0.1, -0.05) is 0 Å². The van der Waals surface area contributed by atoms with Crippen LogP contribution in [0.5, 0.6) is 0 Å². The van der Waals surface area contributed by atoms with E-state index >= 15 is 0 Å². The van der Waals surface area contributed by atoms with Crippen LogP contribution in [0.2, 0.25) is 0 Å². The normalized spacial score (nSPS) is 15.1. The summed E-state index contributed by atoms with van der Waals surface area (Å²) in [5.74, 6) is 0. The summed E-state index contributed by atoms with van der Waals surface area (Å²) in [6, 6.07) is 0.0296. The summed E-state index contributed by atoms with van der Waals surface area (Å²) in [4.78, 5) is 21.5. The van der Waals surface area contributed by atoms with Gasteiger partial charge >= 0.3 is 6.03 Å². The van der Waals surface area contributed by atoms with Gasteiger partial charge in [0.1, 0.15) is 0 Å². The third-order valence-electron chi connectivity index (χ3n) is 2.64. The van der Waals surface area contributed by atoms with E-state index in [-0.39, 0.29) is 6.03 Å².